The predicted molar refractivity (Wildman–Crippen MR) is 76.5 cm³/mol. The molecule has 0 radical (unpaired) electrons. The number of hydrogen-bond acceptors (Lipinski definition) is 4. The summed E-state index contributed by atoms with van der Waals surface area (Å²) in [5.41, 5.74) is 1.46. The second-order valence-corrected chi connectivity index (χ2v) is 4.17. The molecule has 0 atom stereocenters. The first kappa shape index (κ1) is 13.7. The number of hydrogen-bond donors (Lipinski definition) is 2. The molecule has 0 unspecified atom stereocenters. The van der Waals surface area contributed by atoms with E-state index in [0.717, 1.165) is 5.56 Å². The molecule has 0 aliphatic rings. The summed E-state index contributed by atoms with van der Waals surface area (Å²) in [6.45, 7) is 0. The third kappa shape index (κ3) is 2.98. The van der Waals surface area contributed by atoms with Crippen molar-refractivity contribution >= 4 is 18.1 Å². The first-order valence-corrected chi connectivity index (χ1v) is 5.99. The highest BCUT2D eigenvalue weighted by molar-refractivity contribution is 5.92. The van der Waals surface area contributed by atoms with E-state index >= 15 is 0 Å². The summed E-state index contributed by atoms with van der Waals surface area (Å²) in [5, 5.41) is 19.4. The van der Waals surface area contributed by atoms with Crippen LogP contribution in [0.25, 0.3) is 12.2 Å². The van der Waals surface area contributed by atoms with E-state index in [1.165, 1.54) is 19.2 Å². The van der Waals surface area contributed by atoms with Crippen LogP contribution in [0.1, 0.15) is 21.5 Å². The maximum absolute atomic E-state index is 11.5. The van der Waals surface area contributed by atoms with Crippen molar-refractivity contribution in [2.75, 3.05) is 7.11 Å². The highest BCUT2D eigenvalue weighted by Crippen LogP contribution is 2.32. The topological polar surface area (TPSA) is 66.8 Å². The van der Waals surface area contributed by atoms with Gasteiger partial charge in [-0.25, -0.2) is 4.79 Å². The lowest BCUT2D eigenvalue weighted by atomic mass is 10.1. The number of benzene rings is 2. The monoisotopic (exact) mass is 270 g/mol. The van der Waals surface area contributed by atoms with Gasteiger partial charge in [-0.15, -0.1) is 0 Å². The number of rotatable bonds is 3. The van der Waals surface area contributed by atoms with Crippen molar-refractivity contribution in [2.24, 2.45) is 0 Å². The summed E-state index contributed by atoms with van der Waals surface area (Å²) in [7, 11) is 1.26. The summed E-state index contributed by atoms with van der Waals surface area (Å²) < 4.78 is 4.59. The van der Waals surface area contributed by atoms with Gasteiger partial charge in [0.2, 0.25) is 0 Å². The Bertz CT molecular complexity index is 645. The lowest BCUT2D eigenvalue weighted by molar-refractivity contribution is 0.0600. The van der Waals surface area contributed by atoms with Gasteiger partial charge in [0.05, 0.1) is 12.7 Å². The fourth-order valence-electron chi connectivity index (χ4n) is 1.75. The molecule has 0 bridgehead atoms. The summed E-state index contributed by atoms with van der Waals surface area (Å²) in [6.07, 6.45) is 3.40. The molecule has 0 saturated heterocycles. The van der Waals surface area contributed by atoms with Crippen LogP contribution in [0, 0.1) is 0 Å². The van der Waals surface area contributed by atoms with Crippen molar-refractivity contribution < 1.29 is 19.7 Å². The van der Waals surface area contributed by atoms with Crippen LogP contribution in [0.4, 0.5) is 0 Å². The van der Waals surface area contributed by atoms with Crippen molar-refractivity contribution in [1.29, 1.82) is 0 Å². The van der Waals surface area contributed by atoms with Gasteiger partial charge in [0, 0.05) is 5.56 Å². The van der Waals surface area contributed by atoms with Gasteiger partial charge in [0.15, 0.2) is 11.5 Å². The Morgan fingerprint density at radius 1 is 1.10 bits per heavy atom. The highest BCUT2D eigenvalue weighted by atomic mass is 16.5. The van der Waals surface area contributed by atoms with Crippen LogP contribution in [-0.4, -0.2) is 23.3 Å². The smallest absolute Gasteiger partial charge is 0.338 e. The molecular weight excluding hydrogens is 256 g/mol. The quantitative estimate of drug-likeness (QED) is 0.511. The molecule has 0 aliphatic carbocycles. The van der Waals surface area contributed by atoms with Crippen molar-refractivity contribution in [1.82, 2.24) is 0 Å². The average Bonchev–Trinajstić information content (AvgIpc) is 2.48. The third-order valence-electron chi connectivity index (χ3n) is 2.80. The van der Waals surface area contributed by atoms with E-state index in [1.54, 1.807) is 12.2 Å². The fraction of sp³-hybridized carbons (Fsp3) is 0.0625. The number of phenolic OH excluding ortho intramolecular Hbond substituents is 2. The Hall–Kier alpha value is -2.75. The molecule has 2 aromatic rings. The van der Waals surface area contributed by atoms with E-state index in [1.807, 2.05) is 30.3 Å². The minimum Gasteiger partial charge on any atom is -0.504 e. The maximum atomic E-state index is 11.5. The molecule has 2 rings (SSSR count). The third-order valence-corrected chi connectivity index (χ3v) is 2.80. The zero-order valence-electron chi connectivity index (χ0n) is 10.9. The first-order valence-electron chi connectivity index (χ1n) is 5.99. The van der Waals surface area contributed by atoms with Gasteiger partial charge in [-0.05, 0) is 17.7 Å². The zero-order chi connectivity index (χ0) is 14.5. The Balaban J connectivity index is 2.38. The Kier molecular flexibility index (Phi) is 4.05. The van der Waals surface area contributed by atoms with Crippen LogP contribution in [0.5, 0.6) is 11.5 Å². The second kappa shape index (κ2) is 5.93. The molecule has 4 nitrogen and oxygen atoms in total. The molecule has 0 aliphatic heterocycles. The number of ether oxygens (including phenoxy) is 1. The molecule has 0 saturated carbocycles. The second-order valence-electron chi connectivity index (χ2n) is 4.17. The van der Waals surface area contributed by atoms with Crippen LogP contribution in [0.2, 0.25) is 0 Å². The lowest BCUT2D eigenvalue weighted by Crippen LogP contribution is -2.01. The Morgan fingerprint density at radius 2 is 1.80 bits per heavy atom. The van der Waals surface area contributed by atoms with E-state index in [9.17, 15) is 15.0 Å². The molecule has 2 aromatic carbocycles. The van der Waals surface area contributed by atoms with Crippen LogP contribution in [-0.2, 0) is 4.74 Å². The van der Waals surface area contributed by atoms with E-state index in [0.29, 0.717) is 5.56 Å². The van der Waals surface area contributed by atoms with Crippen LogP contribution >= 0.6 is 0 Å². The Morgan fingerprint density at radius 3 is 2.45 bits per heavy atom. The molecule has 0 heterocycles. The summed E-state index contributed by atoms with van der Waals surface area (Å²) in [4.78, 5) is 11.5. The maximum Gasteiger partial charge on any atom is 0.338 e. The molecule has 0 spiro atoms. The summed E-state index contributed by atoms with van der Waals surface area (Å²) in [5.74, 6) is -1.21. The first-order chi connectivity index (χ1) is 9.61. The number of aromatic hydroxyl groups is 2. The molecule has 102 valence electrons. The normalized spacial score (nSPS) is 10.7. The molecular formula is C16H14O4. The van der Waals surface area contributed by atoms with E-state index < -0.39 is 5.97 Å². The van der Waals surface area contributed by atoms with Crippen molar-refractivity contribution in [3.63, 3.8) is 0 Å². The van der Waals surface area contributed by atoms with E-state index in [2.05, 4.69) is 4.74 Å². The number of methoxy groups -OCH3 is 1. The minimum absolute atomic E-state index is 0.176. The van der Waals surface area contributed by atoms with Crippen molar-refractivity contribution in [2.45, 2.75) is 0 Å². The van der Waals surface area contributed by atoms with Gasteiger partial charge >= 0.3 is 5.97 Å². The van der Waals surface area contributed by atoms with Gasteiger partial charge in [0.25, 0.3) is 0 Å². The molecule has 20 heavy (non-hydrogen) atoms. The average molecular weight is 270 g/mol. The van der Waals surface area contributed by atoms with Crippen LogP contribution < -0.4 is 0 Å². The lowest BCUT2D eigenvalue weighted by Gasteiger charge is -2.06. The van der Waals surface area contributed by atoms with Gasteiger partial charge in [-0.3, -0.25) is 0 Å². The Labute approximate surface area is 116 Å². The van der Waals surface area contributed by atoms with Crippen molar-refractivity contribution in [3.05, 3.63) is 59.2 Å². The van der Waals surface area contributed by atoms with Gasteiger partial charge in [-0.2, -0.15) is 0 Å². The molecule has 0 aromatic heterocycles. The highest BCUT2D eigenvalue weighted by Gasteiger charge is 2.12. The fourth-order valence-corrected chi connectivity index (χ4v) is 1.75. The zero-order valence-corrected chi connectivity index (χ0v) is 10.9. The largest absolute Gasteiger partial charge is 0.504 e. The van der Waals surface area contributed by atoms with Crippen LogP contribution in [0.3, 0.4) is 0 Å². The van der Waals surface area contributed by atoms with Gasteiger partial charge in [-0.1, -0.05) is 42.5 Å². The summed E-state index contributed by atoms with van der Waals surface area (Å²) in [6, 6.07) is 12.1. The number of esters is 1. The number of carbonyl (C=O) groups excluding carboxylic acids is 1. The van der Waals surface area contributed by atoms with Crippen LogP contribution in [0.15, 0.2) is 42.5 Å². The van der Waals surface area contributed by atoms with Gasteiger partial charge in [0.1, 0.15) is 0 Å². The summed E-state index contributed by atoms with van der Waals surface area (Å²) >= 11 is 0. The standard InChI is InChI=1S/C16H14O4/c1-20-16(19)13-9-12(15(18)14(17)10-13)8-7-11-5-3-2-4-6-11/h2-10,17-18H,1H3/b8-7+. The number of carbonyl (C=O) groups is 1. The predicted octanol–water partition coefficient (Wildman–Crippen LogP) is 3.05. The SMILES string of the molecule is COC(=O)c1cc(O)c(O)c(/C=C/c2ccccc2)c1. The minimum atomic E-state index is -0.574. The molecule has 0 amide bonds. The molecule has 4 heteroatoms. The number of phenols is 2. The molecule has 2 N–H and O–H groups in total. The van der Waals surface area contributed by atoms with E-state index in [4.69, 9.17) is 0 Å². The van der Waals surface area contributed by atoms with Gasteiger partial charge < -0.3 is 14.9 Å². The molecule has 0 fully saturated rings. The van der Waals surface area contributed by atoms with Crippen molar-refractivity contribution in [3.8, 4) is 11.5 Å². The van der Waals surface area contributed by atoms with E-state index in [-0.39, 0.29) is 17.1 Å².